The van der Waals surface area contributed by atoms with E-state index in [2.05, 4.69) is 9.88 Å². The van der Waals surface area contributed by atoms with Crippen molar-refractivity contribution < 1.29 is 4.39 Å². The van der Waals surface area contributed by atoms with Crippen LogP contribution in [0.15, 0.2) is 48.5 Å². The summed E-state index contributed by atoms with van der Waals surface area (Å²) in [6.45, 7) is 0.814. The lowest BCUT2D eigenvalue weighted by Crippen LogP contribution is -2.14. The molecule has 3 aromatic rings. The molecule has 0 saturated heterocycles. The van der Waals surface area contributed by atoms with Crippen LogP contribution in [-0.2, 0) is 6.42 Å². The van der Waals surface area contributed by atoms with Crippen molar-refractivity contribution in [3.63, 3.8) is 0 Å². The minimum Gasteiger partial charge on any atom is -0.398 e. The summed E-state index contributed by atoms with van der Waals surface area (Å²) >= 11 is 0. The number of aromatic nitrogens is 1. The second kappa shape index (κ2) is 4.45. The third-order valence-corrected chi connectivity index (χ3v) is 3.99. The van der Waals surface area contributed by atoms with Crippen LogP contribution in [-0.4, -0.2) is 11.5 Å². The minimum absolute atomic E-state index is 0.307. The summed E-state index contributed by atoms with van der Waals surface area (Å²) in [6.07, 6.45) is 0.785. The molecule has 4 rings (SSSR count). The number of anilines is 3. The van der Waals surface area contributed by atoms with Crippen molar-refractivity contribution in [2.24, 2.45) is 0 Å². The number of nitrogens with two attached hydrogens (primary N) is 1. The third-order valence-electron chi connectivity index (χ3n) is 3.99. The van der Waals surface area contributed by atoms with Gasteiger partial charge in [0, 0.05) is 17.8 Å². The highest BCUT2D eigenvalue weighted by molar-refractivity contribution is 5.96. The smallest absolute Gasteiger partial charge is 0.139 e. The van der Waals surface area contributed by atoms with Gasteiger partial charge in [0.2, 0.25) is 0 Å². The first-order valence-corrected chi connectivity index (χ1v) is 6.95. The summed E-state index contributed by atoms with van der Waals surface area (Å²) in [5, 5.41) is 0.436. The second-order valence-corrected chi connectivity index (χ2v) is 5.20. The third kappa shape index (κ3) is 1.76. The molecule has 0 aliphatic carbocycles. The molecule has 0 atom stereocenters. The van der Waals surface area contributed by atoms with Gasteiger partial charge in [-0.15, -0.1) is 0 Å². The Morgan fingerprint density at radius 2 is 1.86 bits per heavy atom. The van der Waals surface area contributed by atoms with Crippen molar-refractivity contribution >= 4 is 28.1 Å². The number of pyridine rings is 1. The minimum atomic E-state index is -0.307. The summed E-state index contributed by atoms with van der Waals surface area (Å²) in [6, 6.07) is 15.0. The maximum Gasteiger partial charge on any atom is 0.139 e. The molecule has 1 aliphatic rings. The molecule has 2 heterocycles. The van der Waals surface area contributed by atoms with Gasteiger partial charge in [-0.05, 0) is 30.7 Å². The molecule has 1 aliphatic heterocycles. The van der Waals surface area contributed by atoms with E-state index in [0.717, 1.165) is 30.0 Å². The monoisotopic (exact) mass is 279 g/mol. The zero-order valence-corrected chi connectivity index (χ0v) is 11.4. The van der Waals surface area contributed by atoms with Gasteiger partial charge in [0.1, 0.15) is 11.6 Å². The zero-order valence-electron chi connectivity index (χ0n) is 11.4. The summed E-state index contributed by atoms with van der Waals surface area (Å²) in [4.78, 5) is 6.78. The topological polar surface area (TPSA) is 42.1 Å². The second-order valence-electron chi connectivity index (χ2n) is 5.20. The fourth-order valence-corrected chi connectivity index (χ4v) is 2.98. The number of hydrogen-bond donors (Lipinski definition) is 1. The Labute approximate surface area is 121 Å². The largest absolute Gasteiger partial charge is 0.398 e. The molecule has 104 valence electrons. The van der Waals surface area contributed by atoms with E-state index in [4.69, 9.17) is 5.73 Å². The van der Waals surface area contributed by atoms with Crippen LogP contribution in [0.2, 0.25) is 0 Å². The van der Waals surface area contributed by atoms with Gasteiger partial charge in [0.25, 0.3) is 0 Å². The lowest BCUT2D eigenvalue weighted by atomic mass is 10.1. The Hall–Kier alpha value is -2.62. The Morgan fingerprint density at radius 3 is 2.67 bits per heavy atom. The van der Waals surface area contributed by atoms with E-state index in [0.29, 0.717) is 16.6 Å². The van der Waals surface area contributed by atoms with Crippen LogP contribution in [0.4, 0.5) is 21.6 Å². The number of rotatable bonds is 1. The molecule has 3 nitrogen and oxygen atoms in total. The van der Waals surface area contributed by atoms with Crippen LogP contribution in [0.5, 0.6) is 0 Å². The molecule has 2 N–H and O–H groups in total. The van der Waals surface area contributed by atoms with Gasteiger partial charge < -0.3 is 10.6 Å². The highest BCUT2D eigenvalue weighted by Crippen LogP contribution is 2.39. The van der Waals surface area contributed by atoms with Crippen LogP contribution >= 0.6 is 0 Å². The SMILES string of the molecule is Nc1c2c(nc3cccc(F)c13)N(c1ccccc1)CC2. The Bertz CT molecular complexity index is 830. The van der Waals surface area contributed by atoms with E-state index in [9.17, 15) is 4.39 Å². The van der Waals surface area contributed by atoms with E-state index >= 15 is 0 Å². The average molecular weight is 279 g/mol. The highest BCUT2D eigenvalue weighted by Gasteiger charge is 2.26. The lowest BCUT2D eigenvalue weighted by Gasteiger charge is -2.19. The first kappa shape index (κ1) is 12.1. The fraction of sp³-hybridized carbons (Fsp3) is 0.118. The molecule has 0 saturated carbocycles. The Morgan fingerprint density at radius 1 is 1.05 bits per heavy atom. The van der Waals surface area contributed by atoms with Gasteiger partial charge in [-0.1, -0.05) is 24.3 Å². The number of nitrogen functional groups attached to an aromatic ring is 1. The Kier molecular flexibility index (Phi) is 2.57. The quantitative estimate of drug-likeness (QED) is 0.739. The van der Waals surface area contributed by atoms with E-state index in [1.54, 1.807) is 12.1 Å². The lowest BCUT2D eigenvalue weighted by molar-refractivity contribution is 0.640. The van der Waals surface area contributed by atoms with Crippen LogP contribution in [0, 0.1) is 5.82 Å². The van der Waals surface area contributed by atoms with Gasteiger partial charge in [0.05, 0.1) is 16.6 Å². The molecule has 2 aromatic carbocycles. The zero-order chi connectivity index (χ0) is 14.4. The first-order valence-electron chi connectivity index (χ1n) is 6.95. The number of nitrogens with zero attached hydrogens (tertiary/aromatic N) is 2. The van der Waals surface area contributed by atoms with Crippen LogP contribution in [0.3, 0.4) is 0 Å². The summed E-state index contributed by atoms with van der Waals surface area (Å²) in [5.74, 6) is 0.537. The number of benzene rings is 2. The molecule has 0 radical (unpaired) electrons. The molecule has 21 heavy (non-hydrogen) atoms. The predicted molar refractivity (Wildman–Crippen MR) is 83.3 cm³/mol. The van der Waals surface area contributed by atoms with Crippen molar-refractivity contribution in [1.82, 2.24) is 4.98 Å². The molecule has 4 heteroatoms. The standard InChI is InChI=1S/C17H14FN3/c18-13-7-4-8-14-15(13)16(19)12-9-10-21(17(12)20-14)11-5-2-1-3-6-11/h1-8H,9-10H2,(H2,19,20). The van der Waals surface area contributed by atoms with Gasteiger partial charge in [-0.25, -0.2) is 9.37 Å². The van der Waals surface area contributed by atoms with E-state index in [-0.39, 0.29) is 5.82 Å². The molecule has 0 amide bonds. The van der Waals surface area contributed by atoms with Crippen LogP contribution < -0.4 is 10.6 Å². The molecule has 1 aromatic heterocycles. The maximum absolute atomic E-state index is 14.0. The first-order chi connectivity index (χ1) is 10.3. The van der Waals surface area contributed by atoms with Crippen LogP contribution in [0.1, 0.15) is 5.56 Å². The van der Waals surface area contributed by atoms with Crippen molar-refractivity contribution in [2.45, 2.75) is 6.42 Å². The van der Waals surface area contributed by atoms with Gasteiger partial charge in [-0.3, -0.25) is 0 Å². The van der Waals surface area contributed by atoms with Crippen LogP contribution in [0.25, 0.3) is 10.9 Å². The number of para-hydroxylation sites is 1. The van der Waals surface area contributed by atoms with E-state index in [1.165, 1.54) is 6.07 Å². The number of hydrogen-bond acceptors (Lipinski definition) is 3. The molecular formula is C17H14FN3. The normalized spacial score (nSPS) is 13.7. The van der Waals surface area contributed by atoms with Crippen molar-refractivity contribution in [3.8, 4) is 0 Å². The fourth-order valence-electron chi connectivity index (χ4n) is 2.98. The summed E-state index contributed by atoms with van der Waals surface area (Å²) in [7, 11) is 0. The van der Waals surface area contributed by atoms with Gasteiger partial charge in [0.15, 0.2) is 0 Å². The van der Waals surface area contributed by atoms with Crippen molar-refractivity contribution in [3.05, 3.63) is 59.9 Å². The Balaban J connectivity index is 1.96. The van der Waals surface area contributed by atoms with E-state index in [1.807, 2.05) is 30.3 Å². The number of halogens is 1. The molecular weight excluding hydrogens is 265 g/mol. The summed E-state index contributed by atoms with van der Waals surface area (Å²) in [5.41, 5.74) is 9.35. The van der Waals surface area contributed by atoms with Crippen molar-refractivity contribution in [2.75, 3.05) is 17.2 Å². The maximum atomic E-state index is 14.0. The predicted octanol–water partition coefficient (Wildman–Crippen LogP) is 3.65. The van der Waals surface area contributed by atoms with Crippen molar-refractivity contribution in [1.29, 1.82) is 0 Å². The molecule has 0 spiro atoms. The molecule has 0 unspecified atom stereocenters. The highest BCUT2D eigenvalue weighted by atomic mass is 19.1. The summed E-state index contributed by atoms with van der Waals surface area (Å²) < 4.78 is 14.0. The molecule has 0 bridgehead atoms. The van der Waals surface area contributed by atoms with Gasteiger partial charge >= 0.3 is 0 Å². The average Bonchev–Trinajstić information content (AvgIpc) is 2.92. The molecule has 0 fully saturated rings. The van der Waals surface area contributed by atoms with Gasteiger partial charge in [-0.2, -0.15) is 0 Å². The van der Waals surface area contributed by atoms with E-state index < -0.39 is 0 Å². The number of fused-ring (bicyclic) bond motifs is 2.